The van der Waals surface area contributed by atoms with Crippen LogP contribution in [0.1, 0.15) is 0 Å². The van der Waals surface area contributed by atoms with E-state index in [9.17, 15) is 0 Å². The van der Waals surface area contributed by atoms with Crippen molar-refractivity contribution in [1.82, 2.24) is 4.57 Å². The molecule has 1 aromatic heterocycles. The molecule has 2 N–H and O–H groups in total. The largest absolute Gasteiger partial charge is 0.399 e. The van der Waals surface area contributed by atoms with Gasteiger partial charge >= 0.3 is 0 Å². The molecule has 4 rings (SSSR count). The smallest absolute Gasteiger partial charge is 0.105 e. The molecule has 94 valence electrons. The van der Waals surface area contributed by atoms with Crippen LogP contribution in [0.2, 0.25) is 0 Å². The van der Waals surface area contributed by atoms with Gasteiger partial charge in [-0.2, -0.15) is 0 Å². The number of nitrogens with zero attached hydrogens (tertiary/aromatic N) is 1. The summed E-state index contributed by atoms with van der Waals surface area (Å²) in [5, 5.41) is 2.35. The number of benzene rings is 2. The summed E-state index contributed by atoms with van der Waals surface area (Å²) < 4.78 is 2.18. The van der Waals surface area contributed by atoms with E-state index in [1.165, 1.54) is 10.8 Å². The van der Waals surface area contributed by atoms with E-state index in [0.29, 0.717) is 0 Å². The Bertz CT molecular complexity index is 905. The predicted molar refractivity (Wildman–Crippen MR) is 82.9 cm³/mol. The molecule has 1 heterocycles. The van der Waals surface area contributed by atoms with Crippen LogP contribution in [0.5, 0.6) is 0 Å². The molecule has 0 fully saturated rings. The first-order valence-corrected chi connectivity index (χ1v) is 6.52. The molecular formula is C18H12N2. The van der Waals surface area contributed by atoms with Gasteiger partial charge in [0.1, 0.15) is 5.52 Å². The van der Waals surface area contributed by atoms with E-state index in [4.69, 9.17) is 5.73 Å². The van der Waals surface area contributed by atoms with Gasteiger partial charge in [-0.05, 0) is 42.5 Å². The molecule has 2 heteroatoms. The van der Waals surface area contributed by atoms with E-state index >= 15 is 0 Å². The monoisotopic (exact) mass is 256 g/mol. The number of fused-ring (bicyclic) bond motifs is 3. The minimum absolute atomic E-state index is 0.765. The molecule has 0 atom stereocenters. The molecule has 3 aromatic carbocycles. The van der Waals surface area contributed by atoms with Crippen molar-refractivity contribution in [3.8, 4) is 5.69 Å². The number of para-hydroxylation sites is 1. The molecule has 0 aliphatic heterocycles. The van der Waals surface area contributed by atoms with Gasteiger partial charge in [0.05, 0.1) is 5.52 Å². The van der Waals surface area contributed by atoms with Crippen LogP contribution >= 0.6 is 0 Å². The quantitative estimate of drug-likeness (QED) is 0.513. The number of hydrogen-bond donors (Lipinski definition) is 1. The van der Waals surface area contributed by atoms with E-state index in [1.54, 1.807) is 0 Å². The first-order chi connectivity index (χ1) is 9.84. The Balaban J connectivity index is 2.23. The number of hydrogen-bond acceptors (Lipinski definition) is 1. The number of nitrogen functional groups attached to an aromatic ring is 1. The predicted octanol–water partition coefficient (Wildman–Crippen LogP) is 3.97. The third-order valence-electron chi connectivity index (χ3n) is 3.57. The Morgan fingerprint density at radius 3 is 2.60 bits per heavy atom. The zero-order valence-corrected chi connectivity index (χ0v) is 10.8. The summed E-state index contributed by atoms with van der Waals surface area (Å²) in [5.41, 5.74) is 9.96. The number of anilines is 1. The lowest BCUT2D eigenvalue weighted by Crippen LogP contribution is -1.93. The van der Waals surface area contributed by atoms with Crippen LogP contribution in [0.25, 0.3) is 27.5 Å². The van der Waals surface area contributed by atoms with Gasteiger partial charge in [-0.15, -0.1) is 0 Å². The van der Waals surface area contributed by atoms with Gasteiger partial charge in [-0.1, -0.05) is 30.3 Å². The summed E-state index contributed by atoms with van der Waals surface area (Å²) in [7, 11) is 0. The van der Waals surface area contributed by atoms with Crippen molar-refractivity contribution in [2.24, 2.45) is 0 Å². The fourth-order valence-corrected chi connectivity index (χ4v) is 2.70. The van der Waals surface area contributed by atoms with Crippen molar-refractivity contribution >= 4 is 27.5 Å². The molecule has 0 saturated carbocycles. The van der Waals surface area contributed by atoms with E-state index in [1.807, 2.05) is 36.4 Å². The van der Waals surface area contributed by atoms with Crippen LogP contribution in [0.3, 0.4) is 0 Å². The molecule has 4 aromatic rings. The lowest BCUT2D eigenvalue weighted by Gasteiger charge is -2.06. The first-order valence-electron chi connectivity index (χ1n) is 6.52. The van der Waals surface area contributed by atoms with Crippen molar-refractivity contribution in [2.45, 2.75) is 0 Å². The van der Waals surface area contributed by atoms with E-state index in [0.717, 1.165) is 22.4 Å². The topological polar surface area (TPSA) is 30.9 Å². The van der Waals surface area contributed by atoms with Crippen molar-refractivity contribution < 1.29 is 0 Å². The van der Waals surface area contributed by atoms with Gasteiger partial charge in [0.2, 0.25) is 0 Å². The van der Waals surface area contributed by atoms with Gasteiger partial charge in [0.25, 0.3) is 0 Å². The van der Waals surface area contributed by atoms with Crippen LogP contribution in [-0.4, -0.2) is 4.57 Å². The average Bonchev–Trinajstić information content (AvgIpc) is 2.81. The van der Waals surface area contributed by atoms with Gasteiger partial charge < -0.3 is 10.3 Å². The van der Waals surface area contributed by atoms with Crippen LogP contribution in [0, 0.1) is 12.1 Å². The fraction of sp³-hybridized carbons (Fsp3) is 0. The Morgan fingerprint density at radius 2 is 1.75 bits per heavy atom. The fourth-order valence-electron chi connectivity index (χ4n) is 2.70. The molecule has 0 aliphatic rings. The maximum absolute atomic E-state index is 5.96. The SMILES string of the molecule is Nc1ccc2c3ccc#cc3n(-c3ccccc3)c2c1. The van der Waals surface area contributed by atoms with E-state index in [-0.39, 0.29) is 0 Å². The number of nitrogens with two attached hydrogens (primary N) is 1. The second-order valence-corrected chi connectivity index (χ2v) is 4.81. The summed E-state index contributed by atoms with van der Waals surface area (Å²) in [5.74, 6) is 0. The first kappa shape index (κ1) is 11.0. The summed E-state index contributed by atoms with van der Waals surface area (Å²) in [4.78, 5) is 0. The van der Waals surface area contributed by atoms with Gasteiger partial charge in [-0.25, -0.2) is 0 Å². The molecule has 0 radical (unpaired) electrons. The molecular weight excluding hydrogens is 244 g/mol. The van der Waals surface area contributed by atoms with Crippen molar-refractivity contribution in [3.05, 3.63) is 72.8 Å². The number of aromatic nitrogens is 1. The van der Waals surface area contributed by atoms with Crippen molar-refractivity contribution in [2.75, 3.05) is 5.73 Å². The van der Waals surface area contributed by atoms with Crippen LogP contribution in [0.15, 0.2) is 60.7 Å². The van der Waals surface area contributed by atoms with Crippen LogP contribution in [0.4, 0.5) is 5.69 Å². The Labute approximate surface area is 117 Å². The second kappa shape index (κ2) is 4.04. The molecule has 2 nitrogen and oxygen atoms in total. The maximum atomic E-state index is 5.96. The minimum Gasteiger partial charge on any atom is -0.399 e. The summed E-state index contributed by atoms with van der Waals surface area (Å²) >= 11 is 0. The van der Waals surface area contributed by atoms with E-state index in [2.05, 4.69) is 41.0 Å². The Hall–Kier alpha value is -2.92. The average molecular weight is 256 g/mol. The molecule has 0 bridgehead atoms. The molecule has 0 aliphatic carbocycles. The van der Waals surface area contributed by atoms with Crippen molar-refractivity contribution in [3.63, 3.8) is 0 Å². The highest BCUT2D eigenvalue weighted by Crippen LogP contribution is 2.31. The third-order valence-corrected chi connectivity index (χ3v) is 3.57. The minimum atomic E-state index is 0.765. The highest BCUT2D eigenvalue weighted by molar-refractivity contribution is 6.09. The molecule has 20 heavy (non-hydrogen) atoms. The Morgan fingerprint density at radius 1 is 0.900 bits per heavy atom. The Kier molecular flexibility index (Phi) is 2.21. The zero-order chi connectivity index (χ0) is 13.5. The molecule has 0 amide bonds. The zero-order valence-electron chi connectivity index (χ0n) is 10.8. The molecule has 0 spiro atoms. The highest BCUT2D eigenvalue weighted by atomic mass is 15.0. The number of rotatable bonds is 1. The van der Waals surface area contributed by atoms with Gasteiger partial charge in [0, 0.05) is 22.1 Å². The second-order valence-electron chi connectivity index (χ2n) is 4.81. The summed E-state index contributed by atoms with van der Waals surface area (Å²) in [6.07, 6.45) is 0. The van der Waals surface area contributed by atoms with Crippen LogP contribution < -0.4 is 5.73 Å². The molecule has 0 saturated heterocycles. The highest BCUT2D eigenvalue weighted by Gasteiger charge is 2.11. The summed E-state index contributed by atoms with van der Waals surface area (Å²) in [6.45, 7) is 0. The lowest BCUT2D eigenvalue weighted by molar-refractivity contribution is 1.18. The van der Waals surface area contributed by atoms with Gasteiger partial charge in [-0.3, -0.25) is 0 Å². The third kappa shape index (κ3) is 1.47. The van der Waals surface area contributed by atoms with Crippen molar-refractivity contribution in [1.29, 1.82) is 0 Å². The standard InChI is InChI=1S/C18H12N2/c19-13-10-11-16-15-8-4-5-9-17(15)20(18(16)12-13)14-6-2-1-3-7-14/h1-4,6-8,10-12H,19H2. The van der Waals surface area contributed by atoms with Crippen LogP contribution in [-0.2, 0) is 0 Å². The van der Waals surface area contributed by atoms with Gasteiger partial charge in [0.15, 0.2) is 0 Å². The lowest BCUT2D eigenvalue weighted by atomic mass is 10.2. The summed E-state index contributed by atoms with van der Waals surface area (Å²) in [6, 6.07) is 26.5. The normalized spacial score (nSPS) is 10.8. The molecule has 0 unspecified atom stereocenters. The maximum Gasteiger partial charge on any atom is 0.105 e. The van der Waals surface area contributed by atoms with E-state index < -0.39 is 0 Å².